The van der Waals surface area contributed by atoms with Crippen molar-refractivity contribution >= 4 is 17.0 Å². The van der Waals surface area contributed by atoms with E-state index in [4.69, 9.17) is 19.9 Å². The molecular formula is C18H29N5O3. The van der Waals surface area contributed by atoms with Crippen LogP contribution in [0, 0.1) is 0 Å². The maximum Gasteiger partial charge on any atom is 0.167 e. The summed E-state index contributed by atoms with van der Waals surface area (Å²) in [5, 5.41) is 0. The molecule has 2 N–H and O–H groups in total. The van der Waals surface area contributed by atoms with E-state index in [-0.39, 0.29) is 29.6 Å². The van der Waals surface area contributed by atoms with Crippen LogP contribution >= 0.6 is 0 Å². The first-order valence-corrected chi connectivity index (χ1v) is 8.94. The first-order valence-electron chi connectivity index (χ1n) is 8.94. The fraction of sp³-hybridized carbons (Fsp3) is 0.722. The van der Waals surface area contributed by atoms with Crippen LogP contribution in [-0.4, -0.2) is 49.5 Å². The average molecular weight is 363 g/mol. The predicted octanol–water partition coefficient (Wildman–Crippen LogP) is 2.69. The van der Waals surface area contributed by atoms with E-state index in [1.165, 1.54) is 6.33 Å². The molecule has 1 fully saturated rings. The summed E-state index contributed by atoms with van der Waals surface area (Å²) in [5.74, 6) is 0.363. The Hall–Kier alpha value is -1.77. The maximum atomic E-state index is 6.28. The fourth-order valence-electron chi connectivity index (χ4n) is 3.01. The van der Waals surface area contributed by atoms with Crippen molar-refractivity contribution in [1.82, 2.24) is 19.5 Å². The molecule has 1 unspecified atom stereocenters. The summed E-state index contributed by atoms with van der Waals surface area (Å²) in [6, 6.07) is 0. The Morgan fingerprint density at radius 2 is 1.88 bits per heavy atom. The number of nitrogens with two attached hydrogens (primary N) is 1. The zero-order valence-electron chi connectivity index (χ0n) is 16.4. The Morgan fingerprint density at radius 3 is 2.54 bits per heavy atom. The van der Waals surface area contributed by atoms with Crippen molar-refractivity contribution in [2.24, 2.45) is 0 Å². The summed E-state index contributed by atoms with van der Waals surface area (Å²) in [5.41, 5.74) is 6.62. The maximum absolute atomic E-state index is 6.28. The third kappa shape index (κ3) is 4.31. The summed E-state index contributed by atoms with van der Waals surface area (Å²) in [6.07, 6.45) is 3.32. The van der Waals surface area contributed by atoms with Gasteiger partial charge in [-0.1, -0.05) is 0 Å². The number of nitrogens with zero attached hydrogens (tertiary/aromatic N) is 4. The molecule has 2 aromatic rings. The highest BCUT2D eigenvalue weighted by atomic mass is 16.6. The van der Waals surface area contributed by atoms with Crippen LogP contribution < -0.4 is 5.73 Å². The van der Waals surface area contributed by atoms with E-state index in [0.29, 0.717) is 30.0 Å². The monoisotopic (exact) mass is 363 g/mol. The lowest BCUT2D eigenvalue weighted by atomic mass is 10.1. The Kier molecular flexibility index (Phi) is 4.94. The number of imidazole rings is 1. The van der Waals surface area contributed by atoms with E-state index in [0.717, 1.165) is 0 Å². The molecule has 8 nitrogen and oxygen atoms in total. The fourth-order valence-corrected chi connectivity index (χ4v) is 3.01. The zero-order valence-corrected chi connectivity index (χ0v) is 16.4. The number of aromatic nitrogens is 4. The molecule has 0 bridgehead atoms. The Bertz CT molecular complexity index is 762. The standard InChI is InChI=1S/C18H29N5O3/c1-17(2,3)24-8-12-11(26-18(4,5)6)7-13(25-12)23-10-22-14-15(19)20-9-21-16(14)23/h9-13H,7-8H2,1-6H3,(H2,19,20,21)/t11?,12-,13-/m1/s1. The minimum atomic E-state index is -0.271. The van der Waals surface area contributed by atoms with Crippen molar-refractivity contribution in [3.63, 3.8) is 0 Å². The van der Waals surface area contributed by atoms with E-state index in [1.54, 1.807) is 6.33 Å². The lowest BCUT2D eigenvalue weighted by Gasteiger charge is -2.29. The number of anilines is 1. The Morgan fingerprint density at radius 1 is 1.15 bits per heavy atom. The Balaban J connectivity index is 1.83. The van der Waals surface area contributed by atoms with E-state index < -0.39 is 0 Å². The van der Waals surface area contributed by atoms with E-state index >= 15 is 0 Å². The third-order valence-corrected chi connectivity index (χ3v) is 4.06. The third-order valence-electron chi connectivity index (χ3n) is 4.06. The largest absolute Gasteiger partial charge is 0.382 e. The summed E-state index contributed by atoms with van der Waals surface area (Å²) in [4.78, 5) is 12.6. The lowest BCUT2D eigenvalue weighted by molar-refractivity contribution is -0.132. The lowest BCUT2D eigenvalue weighted by Crippen LogP contribution is -2.37. The molecule has 144 valence electrons. The first kappa shape index (κ1) is 19.0. The van der Waals surface area contributed by atoms with Gasteiger partial charge < -0.3 is 19.9 Å². The molecule has 3 atom stereocenters. The van der Waals surface area contributed by atoms with E-state index in [2.05, 4.69) is 15.0 Å². The van der Waals surface area contributed by atoms with Crippen LogP contribution in [0.5, 0.6) is 0 Å². The van der Waals surface area contributed by atoms with Gasteiger partial charge in [0.2, 0.25) is 0 Å². The number of ether oxygens (including phenoxy) is 3. The van der Waals surface area contributed by atoms with Crippen LogP contribution in [0.2, 0.25) is 0 Å². The smallest absolute Gasteiger partial charge is 0.167 e. The molecule has 0 radical (unpaired) electrons. The molecule has 2 aromatic heterocycles. The minimum Gasteiger partial charge on any atom is -0.382 e. The molecule has 1 saturated heterocycles. The van der Waals surface area contributed by atoms with Crippen LogP contribution in [0.4, 0.5) is 5.82 Å². The highest BCUT2D eigenvalue weighted by Crippen LogP contribution is 2.35. The number of hydrogen-bond acceptors (Lipinski definition) is 7. The van der Waals surface area contributed by atoms with Crippen molar-refractivity contribution in [2.45, 2.75) is 77.6 Å². The molecule has 0 amide bonds. The van der Waals surface area contributed by atoms with Crippen LogP contribution in [0.1, 0.15) is 54.2 Å². The highest BCUT2D eigenvalue weighted by Gasteiger charge is 2.40. The van der Waals surface area contributed by atoms with Gasteiger partial charge in [-0.3, -0.25) is 4.57 Å². The topological polar surface area (TPSA) is 97.3 Å². The number of hydrogen-bond donors (Lipinski definition) is 1. The molecule has 26 heavy (non-hydrogen) atoms. The van der Waals surface area contributed by atoms with Gasteiger partial charge in [0.1, 0.15) is 24.2 Å². The van der Waals surface area contributed by atoms with Crippen LogP contribution in [0.3, 0.4) is 0 Å². The van der Waals surface area contributed by atoms with Gasteiger partial charge in [-0.25, -0.2) is 15.0 Å². The zero-order chi connectivity index (χ0) is 19.1. The minimum absolute atomic E-state index is 0.0843. The van der Waals surface area contributed by atoms with Crippen molar-refractivity contribution in [3.8, 4) is 0 Å². The van der Waals surface area contributed by atoms with Gasteiger partial charge >= 0.3 is 0 Å². The number of fused-ring (bicyclic) bond motifs is 1. The summed E-state index contributed by atoms with van der Waals surface area (Å²) >= 11 is 0. The second kappa shape index (κ2) is 6.75. The van der Waals surface area contributed by atoms with Gasteiger partial charge in [0, 0.05) is 6.42 Å². The molecule has 1 aliphatic heterocycles. The summed E-state index contributed by atoms with van der Waals surface area (Å²) in [7, 11) is 0. The SMILES string of the molecule is CC(C)(C)OC[C@H]1O[C@@H](n2cnc3c(N)ncnc32)CC1OC(C)(C)C. The highest BCUT2D eigenvalue weighted by molar-refractivity contribution is 5.81. The molecule has 3 rings (SSSR count). The first-order chi connectivity index (χ1) is 12.0. The summed E-state index contributed by atoms with van der Waals surface area (Å²) in [6.45, 7) is 12.7. The number of rotatable bonds is 4. The summed E-state index contributed by atoms with van der Waals surface area (Å²) < 4.78 is 20.4. The van der Waals surface area contributed by atoms with Gasteiger partial charge in [-0.15, -0.1) is 0 Å². The molecule has 0 aromatic carbocycles. The van der Waals surface area contributed by atoms with Gasteiger partial charge in [0.15, 0.2) is 11.5 Å². The van der Waals surface area contributed by atoms with Crippen LogP contribution in [0.15, 0.2) is 12.7 Å². The van der Waals surface area contributed by atoms with Gasteiger partial charge in [0.25, 0.3) is 0 Å². The molecule has 0 spiro atoms. The molecule has 8 heteroatoms. The van der Waals surface area contributed by atoms with Crippen LogP contribution in [-0.2, 0) is 14.2 Å². The molecular weight excluding hydrogens is 334 g/mol. The van der Waals surface area contributed by atoms with Crippen molar-refractivity contribution in [3.05, 3.63) is 12.7 Å². The average Bonchev–Trinajstić information content (AvgIpc) is 3.07. The predicted molar refractivity (Wildman–Crippen MR) is 98.6 cm³/mol. The van der Waals surface area contributed by atoms with E-state index in [9.17, 15) is 0 Å². The van der Waals surface area contributed by atoms with E-state index in [1.807, 2.05) is 46.1 Å². The molecule has 1 aliphatic rings. The molecule has 3 heterocycles. The Labute approximate surface area is 154 Å². The molecule has 0 aliphatic carbocycles. The van der Waals surface area contributed by atoms with Gasteiger partial charge in [-0.05, 0) is 41.5 Å². The number of nitrogen functional groups attached to an aromatic ring is 1. The van der Waals surface area contributed by atoms with Gasteiger partial charge in [-0.2, -0.15) is 0 Å². The second-order valence-corrected chi connectivity index (χ2v) is 8.64. The molecule has 0 saturated carbocycles. The van der Waals surface area contributed by atoms with Gasteiger partial charge in [0.05, 0.1) is 30.2 Å². The van der Waals surface area contributed by atoms with Crippen molar-refractivity contribution < 1.29 is 14.2 Å². The normalized spacial score (nSPS) is 24.5. The van der Waals surface area contributed by atoms with Crippen LogP contribution in [0.25, 0.3) is 11.2 Å². The second-order valence-electron chi connectivity index (χ2n) is 8.64. The van der Waals surface area contributed by atoms with Crippen molar-refractivity contribution in [1.29, 1.82) is 0 Å². The quantitative estimate of drug-likeness (QED) is 0.892. The van der Waals surface area contributed by atoms with Crippen molar-refractivity contribution in [2.75, 3.05) is 12.3 Å².